The van der Waals surface area contributed by atoms with E-state index in [0.717, 1.165) is 50.0 Å². The maximum atomic E-state index is 12.7. The molecule has 140 valence electrons. The van der Waals surface area contributed by atoms with E-state index >= 15 is 0 Å². The van der Waals surface area contributed by atoms with E-state index in [1.807, 2.05) is 23.1 Å². The van der Waals surface area contributed by atoms with Gasteiger partial charge in [0.15, 0.2) is 0 Å². The number of nitrogens with zero attached hydrogens (tertiary/aromatic N) is 1. The molecule has 2 atom stereocenters. The third-order valence-electron chi connectivity index (χ3n) is 4.84. The second-order valence-corrected chi connectivity index (χ2v) is 7.37. The van der Waals surface area contributed by atoms with Gasteiger partial charge in [-0.1, -0.05) is 39.3 Å². The van der Waals surface area contributed by atoms with Crippen LogP contribution in [0.1, 0.15) is 64.5 Å². The SMILES string of the molecule is CCCC(CC(C)C)OCC(=O)N1CCC[C@H]1c1cccc(OC)c1. The summed E-state index contributed by atoms with van der Waals surface area (Å²) in [6.07, 6.45) is 5.35. The first-order chi connectivity index (χ1) is 12.0. The van der Waals surface area contributed by atoms with Gasteiger partial charge in [0.25, 0.3) is 0 Å². The molecule has 4 heteroatoms. The molecule has 0 saturated carbocycles. The molecule has 0 bridgehead atoms. The summed E-state index contributed by atoms with van der Waals surface area (Å²) in [6, 6.07) is 8.19. The molecule has 1 aromatic carbocycles. The van der Waals surface area contributed by atoms with Gasteiger partial charge < -0.3 is 14.4 Å². The molecular formula is C21H33NO3. The molecule has 0 radical (unpaired) electrons. The van der Waals surface area contributed by atoms with Gasteiger partial charge in [0, 0.05) is 6.54 Å². The van der Waals surface area contributed by atoms with Gasteiger partial charge in [0.2, 0.25) is 5.91 Å². The van der Waals surface area contributed by atoms with Crippen molar-refractivity contribution in [3.8, 4) is 5.75 Å². The van der Waals surface area contributed by atoms with Crippen LogP contribution < -0.4 is 4.74 Å². The minimum absolute atomic E-state index is 0.107. The Morgan fingerprint density at radius 2 is 2.16 bits per heavy atom. The molecule has 1 aromatic rings. The Morgan fingerprint density at radius 1 is 1.36 bits per heavy atom. The van der Waals surface area contributed by atoms with Crippen molar-refractivity contribution in [2.45, 2.75) is 65.0 Å². The third-order valence-corrected chi connectivity index (χ3v) is 4.84. The number of amides is 1. The fourth-order valence-electron chi connectivity index (χ4n) is 3.65. The largest absolute Gasteiger partial charge is 0.497 e. The highest BCUT2D eigenvalue weighted by molar-refractivity contribution is 5.78. The fourth-order valence-corrected chi connectivity index (χ4v) is 3.65. The molecule has 25 heavy (non-hydrogen) atoms. The van der Waals surface area contributed by atoms with Crippen molar-refractivity contribution >= 4 is 5.91 Å². The molecule has 1 amide bonds. The lowest BCUT2D eigenvalue weighted by atomic mass is 10.0. The number of rotatable bonds is 9. The fraction of sp³-hybridized carbons (Fsp3) is 0.667. The van der Waals surface area contributed by atoms with Crippen molar-refractivity contribution in [3.05, 3.63) is 29.8 Å². The summed E-state index contributed by atoms with van der Waals surface area (Å²) in [5, 5.41) is 0. The minimum atomic E-state index is 0.107. The van der Waals surface area contributed by atoms with E-state index in [9.17, 15) is 4.79 Å². The van der Waals surface area contributed by atoms with E-state index in [0.29, 0.717) is 5.92 Å². The summed E-state index contributed by atoms with van der Waals surface area (Å²) in [5.41, 5.74) is 1.15. The molecule has 1 heterocycles. The monoisotopic (exact) mass is 347 g/mol. The lowest BCUT2D eigenvalue weighted by Crippen LogP contribution is -2.35. The highest BCUT2D eigenvalue weighted by Crippen LogP contribution is 2.33. The van der Waals surface area contributed by atoms with Crippen LogP contribution in [0.4, 0.5) is 0 Å². The zero-order valence-corrected chi connectivity index (χ0v) is 16.2. The standard InChI is InChI=1S/C21H33NO3/c1-5-8-19(13-16(2)3)25-15-21(23)22-12-7-11-20(22)17-9-6-10-18(14-17)24-4/h6,9-10,14,16,19-20H,5,7-8,11-13,15H2,1-4H3/t19?,20-/m0/s1. The summed E-state index contributed by atoms with van der Waals surface area (Å²) >= 11 is 0. The summed E-state index contributed by atoms with van der Waals surface area (Å²) in [5.74, 6) is 1.53. The highest BCUT2D eigenvalue weighted by atomic mass is 16.5. The lowest BCUT2D eigenvalue weighted by Gasteiger charge is -2.27. The molecule has 1 aliphatic heterocycles. The van der Waals surface area contributed by atoms with Crippen molar-refractivity contribution < 1.29 is 14.3 Å². The first-order valence-corrected chi connectivity index (χ1v) is 9.60. The van der Waals surface area contributed by atoms with Crippen LogP contribution in [-0.2, 0) is 9.53 Å². The maximum absolute atomic E-state index is 12.7. The summed E-state index contributed by atoms with van der Waals surface area (Å²) in [6.45, 7) is 7.57. The Bertz CT molecular complexity index is 544. The van der Waals surface area contributed by atoms with Crippen molar-refractivity contribution in [2.24, 2.45) is 5.92 Å². The zero-order valence-electron chi connectivity index (χ0n) is 16.2. The van der Waals surface area contributed by atoms with Crippen LogP contribution in [0.3, 0.4) is 0 Å². The first kappa shape index (κ1) is 19.8. The molecule has 0 aliphatic carbocycles. The predicted molar refractivity (Wildman–Crippen MR) is 101 cm³/mol. The molecule has 1 fully saturated rings. The zero-order chi connectivity index (χ0) is 18.2. The Labute approximate surface area is 152 Å². The van der Waals surface area contributed by atoms with Crippen molar-refractivity contribution in [1.29, 1.82) is 0 Å². The summed E-state index contributed by atoms with van der Waals surface area (Å²) in [4.78, 5) is 14.7. The number of methoxy groups -OCH3 is 1. The second-order valence-electron chi connectivity index (χ2n) is 7.37. The van der Waals surface area contributed by atoms with Crippen LogP contribution in [0, 0.1) is 5.92 Å². The Hall–Kier alpha value is -1.55. The van der Waals surface area contributed by atoms with E-state index in [-0.39, 0.29) is 24.7 Å². The number of carbonyl (C=O) groups excluding carboxylic acids is 1. The third kappa shape index (κ3) is 5.74. The highest BCUT2D eigenvalue weighted by Gasteiger charge is 2.30. The van der Waals surface area contributed by atoms with Crippen LogP contribution in [0.5, 0.6) is 5.75 Å². The number of likely N-dealkylation sites (tertiary alicyclic amines) is 1. The number of benzene rings is 1. The van der Waals surface area contributed by atoms with Gasteiger partial charge in [0.05, 0.1) is 19.3 Å². The van der Waals surface area contributed by atoms with Gasteiger partial charge >= 0.3 is 0 Å². The average molecular weight is 347 g/mol. The van der Waals surface area contributed by atoms with Crippen molar-refractivity contribution in [3.63, 3.8) is 0 Å². The van der Waals surface area contributed by atoms with Crippen LogP contribution in [0.25, 0.3) is 0 Å². The number of carbonyl (C=O) groups is 1. The molecule has 2 rings (SSSR count). The molecule has 1 saturated heterocycles. The quantitative estimate of drug-likeness (QED) is 0.656. The molecule has 4 nitrogen and oxygen atoms in total. The topological polar surface area (TPSA) is 38.8 Å². The molecular weight excluding hydrogens is 314 g/mol. The van der Waals surface area contributed by atoms with Gasteiger partial charge in [-0.25, -0.2) is 0 Å². The number of ether oxygens (including phenoxy) is 2. The number of hydrogen-bond acceptors (Lipinski definition) is 3. The molecule has 0 aromatic heterocycles. The molecule has 0 N–H and O–H groups in total. The van der Waals surface area contributed by atoms with Crippen LogP contribution in [0.2, 0.25) is 0 Å². The first-order valence-electron chi connectivity index (χ1n) is 9.60. The maximum Gasteiger partial charge on any atom is 0.249 e. The van der Waals surface area contributed by atoms with Crippen LogP contribution in [0.15, 0.2) is 24.3 Å². The Kier molecular flexibility index (Phi) is 7.76. The van der Waals surface area contributed by atoms with E-state index < -0.39 is 0 Å². The van der Waals surface area contributed by atoms with Gasteiger partial charge in [0.1, 0.15) is 12.4 Å². The van der Waals surface area contributed by atoms with Gasteiger partial charge in [-0.2, -0.15) is 0 Å². The van der Waals surface area contributed by atoms with Crippen LogP contribution >= 0.6 is 0 Å². The van der Waals surface area contributed by atoms with E-state index in [2.05, 4.69) is 26.8 Å². The minimum Gasteiger partial charge on any atom is -0.497 e. The molecule has 0 spiro atoms. The summed E-state index contributed by atoms with van der Waals surface area (Å²) < 4.78 is 11.3. The van der Waals surface area contributed by atoms with E-state index in [1.165, 1.54) is 0 Å². The van der Waals surface area contributed by atoms with Gasteiger partial charge in [-0.05, 0) is 49.3 Å². The summed E-state index contributed by atoms with van der Waals surface area (Å²) in [7, 11) is 1.67. The average Bonchev–Trinajstić information content (AvgIpc) is 3.09. The molecule has 1 unspecified atom stereocenters. The van der Waals surface area contributed by atoms with Gasteiger partial charge in [-0.15, -0.1) is 0 Å². The smallest absolute Gasteiger partial charge is 0.249 e. The van der Waals surface area contributed by atoms with Crippen LogP contribution in [-0.4, -0.2) is 37.2 Å². The predicted octanol–water partition coefficient (Wildman–Crippen LogP) is 4.59. The molecule has 1 aliphatic rings. The lowest BCUT2D eigenvalue weighted by molar-refractivity contribution is -0.139. The van der Waals surface area contributed by atoms with Crippen molar-refractivity contribution in [2.75, 3.05) is 20.3 Å². The number of hydrogen-bond donors (Lipinski definition) is 0. The van der Waals surface area contributed by atoms with E-state index in [1.54, 1.807) is 7.11 Å². The van der Waals surface area contributed by atoms with Crippen molar-refractivity contribution in [1.82, 2.24) is 4.90 Å². The Morgan fingerprint density at radius 3 is 2.84 bits per heavy atom. The van der Waals surface area contributed by atoms with E-state index in [4.69, 9.17) is 9.47 Å². The van der Waals surface area contributed by atoms with Gasteiger partial charge in [-0.3, -0.25) is 4.79 Å². The normalized spacial score (nSPS) is 18.6. The second kappa shape index (κ2) is 9.81. The Balaban J connectivity index is 1.97.